The number of nitrogen functional groups attached to an aromatic ring is 1. The summed E-state index contributed by atoms with van der Waals surface area (Å²) < 4.78 is 0. The van der Waals surface area contributed by atoms with Gasteiger partial charge in [0.25, 0.3) is 5.24 Å². The maximum Gasteiger partial charge on any atom is 0.288 e. The van der Waals surface area contributed by atoms with Crippen molar-refractivity contribution in [2.75, 3.05) is 23.3 Å². The van der Waals surface area contributed by atoms with Crippen molar-refractivity contribution in [3.8, 4) is 0 Å². The van der Waals surface area contributed by atoms with Gasteiger partial charge in [-0.3, -0.25) is 19.3 Å². The van der Waals surface area contributed by atoms with E-state index in [-0.39, 0.29) is 35.8 Å². The molecule has 100 valence electrons. The summed E-state index contributed by atoms with van der Waals surface area (Å²) in [6, 6.07) is 6.81. The van der Waals surface area contributed by atoms with Crippen LogP contribution in [0.5, 0.6) is 0 Å². The maximum atomic E-state index is 11.7. The Balaban J connectivity index is 1.85. The minimum absolute atomic E-state index is 0.0762. The standard InChI is InChI=1S/C12H13N3O3S/c13-8-2-1-3-9(6-8)14-10(16)4-5-15-11(17)7-19-12(15)18/h1-3,6H,4-5,7,13H2,(H,14,16). The summed E-state index contributed by atoms with van der Waals surface area (Å²) >= 11 is 0.960. The van der Waals surface area contributed by atoms with Crippen LogP contribution in [0.3, 0.4) is 0 Å². The van der Waals surface area contributed by atoms with Crippen LogP contribution < -0.4 is 11.1 Å². The van der Waals surface area contributed by atoms with Gasteiger partial charge >= 0.3 is 0 Å². The van der Waals surface area contributed by atoms with Crippen LogP contribution in [-0.4, -0.2) is 34.3 Å². The number of carbonyl (C=O) groups excluding carboxylic acids is 3. The number of nitrogens with one attached hydrogen (secondary N) is 1. The Morgan fingerprint density at radius 2 is 2.21 bits per heavy atom. The zero-order valence-corrected chi connectivity index (χ0v) is 10.9. The van der Waals surface area contributed by atoms with Crippen LogP contribution >= 0.6 is 11.8 Å². The number of hydrogen-bond donors (Lipinski definition) is 2. The number of nitrogens with zero attached hydrogens (tertiary/aromatic N) is 1. The highest BCUT2D eigenvalue weighted by Gasteiger charge is 2.29. The van der Waals surface area contributed by atoms with Crippen molar-refractivity contribution in [1.29, 1.82) is 0 Å². The van der Waals surface area contributed by atoms with Crippen molar-refractivity contribution in [1.82, 2.24) is 4.90 Å². The van der Waals surface area contributed by atoms with Gasteiger partial charge in [-0.2, -0.15) is 0 Å². The Morgan fingerprint density at radius 1 is 1.42 bits per heavy atom. The van der Waals surface area contributed by atoms with E-state index in [1.54, 1.807) is 24.3 Å². The molecular weight excluding hydrogens is 266 g/mol. The molecule has 1 aromatic rings. The number of rotatable bonds is 4. The first-order valence-corrected chi connectivity index (χ1v) is 6.67. The van der Waals surface area contributed by atoms with Crippen LogP contribution in [0, 0.1) is 0 Å². The predicted molar refractivity (Wildman–Crippen MR) is 73.7 cm³/mol. The Bertz CT molecular complexity index is 517. The molecule has 0 bridgehead atoms. The number of hydrogen-bond acceptors (Lipinski definition) is 5. The van der Waals surface area contributed by atoms with Crippen LogP contribution in [0.2, 0.25) is 0 Å². The highest BCUT2D eigenvalue weighted by Crippen LogP contribution is 2.19. The minimum atomic E-state index is -0.290. The topological polar surface area (TPSA) is 92.5 Å². The molecule has 1 aromatic carbocycles. The quantitative estimate of drug-likeness (QED) is 0.810. The van der Waals surface area contributed by atoms with Crippen LogP contribution in [0.25, 0.3) is 0 Å². The number of imide groups is 1. The smallest absolute Gasteiger partial charge is 0.288 e. The molecule has 7 heteroatoms. The lowest BCUT2D eigenvalue weighted by atomic mass is 10.2. The summed E-state index contributed by atoms with van der Waals surface area (Å²) in [6.07, 6.45) is 0.0762. The molecule has 0 aliphatic carbocycles. The summed E-state index contributed by atoms with van der Waals surface area (Å²) in [5, 5.41) is 2.37. The van der Waals surface area contributed by atoms with E-state index < -0.39 is 0 Å². The van der Waals surface area contributed by atoms with Crippen LogP contribution in [0.15, 0.2) is 24.3 Å². The van der Waals surface area contributed by atoms with Gasteiger partial charge < -0.3 is 11.1 Å². The zero-order valence-electron chi connectivity index (χ0n) is 10.1. The third-order valence-electron chi connectivity index (χ3n) is 2.57. The fourth-order valence-corrected chi connectivity index (χ4v) is 2.40. The largest absolute Gasteiger partial charge is 0.399 e. The highest BCUT2D eigenvalue weighted by molar-refractivity contribution is 8.14. The van der Waals surface area contributed by atoms with Crippen molar-refractivity contribution < 1.29 is 14.4 Å². The third-order valence-corrected chi connectivity index (χ3v) is 3.43. The van der Waals surface area contributed by atoms with E-state index >= 15 is 0 Å². The first-order chi connectivity index (χ1) is 9.06. The lowest BCUT2D eigenvalue weighted by Crippen LogP contribution is -2.31. The minimum Gasteiger partial charge on any atom is -0.399 e. The van der Waals surface area contributed by atoms with Gasteiger partial charge in [-0.25, -0.2) is 0 Å². The molecule has 0 atom stereocenters. The number of amides is 3. The number of thioether (sulfide) groups is 1. The normalized spacial score (nSPS) is 14.8. The SMILES string of the molecule is Nc1cccc(NC(=O)CCN2C(=O)CSC2=O)c1. The van der Waals surface area contributed by atoms with E-state index in [2.05, 4.69) is 5.32 Å². The third kappa shape index (κ3) is 3.47. The molecule has 1 heterocycles. The van der Waals surface area contributed by atoms with Crippen molar-refractivity contribution >= 4 is 40.2 Å². The second kappa shape index (κ2) is 5.75. The second-order valence-electron chi connectivity index (χ2n) is 4.02. The Hall–Kier alpha value is -2.02. The number of nitrogens with two attached hydrogens (primary N) is 1. The van der Waals surface area contributed by atoms with Gasteiger partial charge in [0.05, 0.1) is 5.75 Å². The van der Waals surface area contributed by atoms with Gasteiger partial charge in [0, 0.05) is 24.3 Å². The van der Waals surface area contributed by atoms with Crippen molar-refractivity contribution in [3.63, 3.8) is 0 Å². The fourth-order valence-electron chi connectivity index (χ4n) is 1.65. The molecule has 6 nitrogen and oxygen atoms in total. The molecule has 1 aliphatic rings. The average molecular weight is 279 g/mol. The highest BCUT2D eigenvalue weighted by atomic mass is 32.2. The van der Waals surface area contributed by atoms with Gasteiger partial charge in [0.1, 0.15) is 0 Å². The van der Waals surface area contributed by atoms with Crippen LogP contribution in [0.1, 0.15) is 6.42 Å². The summed E-state index contributed by atoms with van der Waals surface area (Å²) in [6.45, 7) is 0.110. The molecule has 0 spiro atoms. The van der Waals surface area contributed by atoms with Crippen molar-refractivity contribution in [2.45, 2.75) is 6.42 Å². The van der Waals surface area contributed by atoms with E-state index in [0.29, 0.717) is 11.4 Å². The van der Waals surface area contributed by atoms with Gasteiger partial charge in [-0.1, -0.05) is 17.8 Å². The Kier molecular flexibility index (Phi) is 4.06. The van der Waals surface area contributed by atoms with Crippen molar-refractivity contribution in [3.05, 3.63) is 24.3 Å². The molecule has 0 saturated carbocycles. The first-order valence-electron chi connectivity index (χ1n) is 5.69. The van der Waals surface area contributed by atoms with E-state index in [1.165, 1.54) is 0 Å². The van der Waals surface area contributed by atoms with Crippen molar-refractivity contribution in [2.24, 2.45) is 0 Å². The summed E-state index contributed by atoms with van der Waals surface area (Å²) in [5.41, 5.74) is 6.74. The van der Waals surface area contributed by atoms with Crippen LogP contribution in [-0.2, 0) is 9.59 Å². The predicted octanol–water partition coefficient (Wildman–Crippen LogP) is 1.29. The lowest BCUT2D eigenvalue weighted by molar-refractivity contribution is -0.125. The Labute approximate surface area is 114 Å². The molecule has 1 saturated heterocycles. The molecule has 3 N–H and O–H groups in total. The van der Waals surface area contributed by atoms with E-state index in [1.807, 2.05) is 0 Å². The number of benzene rings is 1. The molecule has 1 aliphatic heterocycles. The second-order valence-corrected chi connectivity index (χ2v) is 4.95. The van der Waals surface area contributed by atoms with E-state index in [9.17, 15) is 14.4 Å². The maximum absolute atomic E-state index is 11.7. The summed E-state index contributed by atoms with van der Waals surface area (Å²) in [7, 11) is 0. The average Bonchev–Trinajstić information content (AvgIpc) is 2.67. The summed E-state index contributed by atoms with van der Waals surface area (Å²) in [4.78, 5) is 35.4. The molecule has 2 rings (SSSR count). The Morgan fingerprint density at radius 3 is 2.84 bits per heavy atom. The molecule has 19 heavy (non-hydrogen) atoms. The lowest BCUT2D eigenvalue weighted by Gasteiger charge is -2.12. The van der Waals surface area contributed by atoms with Gasteiger partial charge in [0.2, 0.25) is 11.8 Å². The number of anilines is 2. The number of carbonyl (C=O) groups is 3. The molecule has 3 amide bonds. The zero-order chi connectivity index (χ0) is 13.8. The summed E-state index contributed by atoms with van der Waals surface area (Å²) in [5.74, 6) is -0.342. The van der Waals surface area contributed by atoms with Gasteiger partial charge in [0.15, 0.2) is 0 Å². The van der Waals surface area contributed by atoms with E-state index in [4.69, 9.17) is 5.73 Å². The van der Waals surface area contributed by atoms with Gasteiger partial charge in [-0.15, -0.1) is 0 Å². The monoisotopic (exact) mass is 279 g/mol. The van der Waals surface area contributed by atoms with Gasteiger partial charge in [-0.05, 0) is 18.2 Å². The molecule has 0 unspecified atom stereocenters. The molecule has 1 fully saturated rings. The molecule has 0 radical (unpaired) electrons. The molecule has 0 aromatic heterocycles. The van der Waals surface area contributed by atoms with E-state index in [0.717, 1.165) is 16.7 Å². The molecular formula is C12H13N3O3S. The fraction of sp³-hybridized carbons (Fsp3) is 0.250. The first kappa shape index (κ1) is 13.4. The van der Waals surface area contributed by atoms with Crippen LogP contribution in [0.4, 0.5) is 16.2 Å².